The third-order valence-electron chi connectivity index (χ3n) is 4.53. The summed E-state index contributed by atoms with van der Waals surface area (Å²) in [5.41, 5.74) is 8.94. The molecule has 0 aliphatic heterocycles. The number of amides is 1. The van der Waals surface area contributed by atoms with Crippen LogP contribution < -0.4 is 27.0 Å². The van der Waals surface area contributed by atoms with Crippen LogP contribution in [0.15, 0.2) is 65.7 Å². The fraction of sp³-hybridized carbons (Fsp3) is 0.227. The molecule has 1 heterocycles. The van der Waals surface area contributed by atoms with Gasteiger partial charge in [-0.1, -0.05) is 12.1 Å². The van der Waals surface area contributed by atoms with Crippen LogP contribution in [0, 0.1) is 5.82 Å². The number of anilines is 4. The van der Waals surface area contributed by atoms with Crippen LogP contribution in [-0.2, 0) is 4.79 Å². The molecule has 0 saturated carbocycles. The molecule has 1 amide bonds. The van der Waals surface area contributed by atoms with Gasteiger partial charge >= 0.3 is 0 Å². The van der Waals surface area contributed by atoms with Crippen molar-refractivity contribution in [3.8, 4) is 0 Å². The molecular weight excluding hydrogens is 429 g/mol. The van der Waals surface area contributed by atoms with E-state index in [1.54, 1.807) is 24.3 Å². The molecule has 8 N–H and O–H groups in total. The van der Waals surface area contributed by atoms with Crippen LogP contribution >= 0.6 is 0 Å². The molecule has 0 bridgehead atoms. The van der Waals surface area contributed by atoms with Crippen LogP contribution in [0.5, 0.6) is 0 Å². The van der Waals surface area contributed by atoms with Crippen LogP contribution in [0.3, 0.4) is 0 Å². The number of allylic oxidation sites excluding steroid dienone is 3. The maximum atomic E-state index is 14.3. The summed E-state index contributed by atoms with van der Waals surface area (Å²) in [6.07, 6.45) is 6.41. The molecule has 0 saturated heterocycles. The van der Waals surface area contributed by atoms with Crippen molar-refractivity contribution in [1.29, 1.82) is 0 Å². The van der Waals surface area contributed by atoms with E-state index in [4.69, 9.17) is 15.9 Å². The first-order valence-electron chi connectivity index (χ1n) is 10.3. The number of carbonyl (C=O) groups is 1. The molecule has 2 aromatic rings. The standard InChI is InChI=1S/C22H26FN7O3/c23-17-13-27-22(30-21(17)28-16-5-2-4-15(12-16)25-7-9-31)29-18-6-1-3-14(20(18)24)11-19(33)26-8-10-32/h1-2,4-6,11-13,25,31-32H,3,7-10,24H2,(H,26,33)(H2,27,28,29,30). The molecule has 1 aliphatic rings. The lowest BCUT2D eigenvalue weighted by Gasteiger charge is -2.17. The van der Waals surface area contributed by atoms with Crippen LogP contribution in [-0.4, -0.2) is 52.4 Å². The van der Waals surface area contributed by atoms with Gasteiger partial charge in [0.05, 0.1) is 30.8 Å². The Morgan fingerprint density at radius 3 is 2.76 bits per heavy atom. The molecule has 0 radical (unpaired) electrons. The Kier molecular flexibility index (Phi) is 8.33. The number of nitrogens with zero attached hydrogens (tertiary/aromatic N) is 2. The molecule has 0 spiro atoms. The molecule has 11 heteroatoms. The molecule has 33 heavy (non-hydrogen) atoms. The van der Waals surface area contributed by atoms with Crippen molar-refractivity contribution in [2.75, 3.05) is 42.3 Å². The van der Waals surface area contributed by atoms with Gasteiger partial charge in [-0.05, 0) is 36.3 Å². The number of aromatic nitrogens is 2. The molecule has 1 aromatic carbocycles. The SMILES string of the molecule is NC1=C(Nc2ncc(F)c(Nc3cccc(NCCO)c3)n2)C=CCC1=CC(=O)NCCO. The average molecular weight is 455 g/mol. The number of hydrogen-bond donors (Lipinski definition) is 7. The summed E-state index contributed by atoms with van der Waals surface area (Å²) in [6, 6.07) is 7.11. The van der Waals surface area contributed by atoms with Crippen molar-refractivity contribution >= 4 is 29.0 Å². The third-order valence-corrected chi connectivity index (χ3v) is 4.53. The molecule has 3 rings (SSSR count). The molecule has 1 aliphatic carbocycles. The van der Waals surface area contributed by atoms with E-state index in [0.29, 0.717) is 35.6 Å². The smallest absolute Gasteiger partial charge is 0.244 e. The highest BCUT2D eigenvalue weighted by atomic mass is 19.1. The zero-order valence-electron chi connectivity index (χ0n) is 17.8. The summed E-state index contributed by atoms with van der Waals surface area (Å²) in [6.45, 7) is 0.370. The number of hydrogen-bond acceptors (Lipinski definition) is 9. The Morgan fingerprint density at radius 1 is 1.18 bits per heavy atom. The van der Waals surface area contributed by atoms with Crippen molar-refractivity contribution < 1.29 is 19.4 Å². The highest BCUT2D eigenvalue weighted by Crippen LogP contribution is 2.24. The highest BCUT2D eigenvalue weighted by Gasteiger charge is 2.15. The molecule has 0 unspecified atom stereocenters. The molecular formula is C22H26FN7O3. The van der Waals surface area contributed by atoms with Crippen molar-refractivity contribution in [3.63, 3.8) is 0 Å². The first kappa shape index (κ1) is 23.7. The second-order valence-electron chi connectivity index (χ2n) is 6.99. The second-order valence-corrected chi connectivity index (χ2v) is 6.99. The zero-order chi connectivity index (χ0) is 23.6. The summed E-state index contributed by atoms with van der Waals surface area (Å²) < 4.78 is 14.3. The number of halogens is 1. The van der Waals surface area contributed by atoms with E-state index in [1.165, 1.54) is 6.08 Å². The minimum absolute atomic E-state index is 0.00904. The lowest BCUT2D eigenvalue weighted by atomic mass is 10.0. The van der Waals surface area contributed by atoms with Crippen molar-refractivity contribution in [3.05, 3.63) is 71.5 Å². The largest absolute Gasteiger partial charge is 0.397 e. The summed E-state index contributed by atoms with van der Waals surface area (Å²) in [4.78, 5) is 20.1. The van der Waals surface area contributed by atoms with Gasteiger partial charge in [0.2, 0.25) is 11.9 Å². The van der Waals surface area contributed by atoms with E-state index in [-0.39, 0.29) is 37.4 Å². The Labute approximate surface area is 190 Å². The Hall–Kier alpha value is -3.96. The summed E-state index contributed by atoms with van der Waals surface area (Å²) >= 11 is 0. The molecule has 174 valence electrons. The summed E-state index contributed by atoms with van der Waals surface area (Å²) in [5, 5.41) is 29.2. The number of rotatable bonds is 10. The maximum Gasteiger partial charge on any atom is 0.244 e. The van der Waals surface area contributed by atoms with E-state index < -0.39 is 5.82 Å². The van der Waals surface area contributed by atoms with Crippen LogP contribution in [0.4, 0.5) is 27.5 Å². The fourth-order valence-electron chi connectivity index (χ4n) is 2.99. The fourth-order valence-corrected chi connectivity index (χ4v) is 2.99. The van der Waals surface area contributed by atoms with E-state index in [0.717, 1.165) is 11.9 Å². The molecule has 0 atom stereocenters. The van der Waals surface area contributed by atoms with Crippen LogP contribution in [0.25, 0.3) is 0 Å². The number of carbonyl (C=O) groups excluding carboxylic acids is 1. The Balaban J connectivity index is 1.76. The minimum Gasteiger partial charge on any atom is -0.397 e. The predicted molar refractivity (Wildman–Crippen MR) is 124 cm³/mol. The van der Waals surface area contributed by atoms with E-state index in [2.05, 4.69) is 31.2 Å². The van der Waals surface area contributed by atoms with E-state index >= 15 is 0 Å². The van der Waals surface area contributed by atoms with Gasteiger partial charge in [0.25, 0.3) is 0 Å². The van der Waals surface area contributed by atoms with Gasteiger partial charge < -0.3 is 37.2 Å². The van der Waals surface area contributed by atoms with Gasteiger partial charge in [-0.2, -0.15) is 4.98 Å². The molecule has 0 fully saturated rings. The molecule has 1 aromatic heterocycles. The van der Waals surface area contributed by atoms with E-state index in [1.807, 2.05) is 12.1 Å². The number of benzene rings is 1. The Bertz CT molecular complexity index is 1090. The van der Waals surface area contributed by atoms with Gasteiger partial charge in [0.15, 0.2) is 11.6 Å². The predicted octanol–water partition coefficient (Wildman–Crippen LogP) is 1.34. The highest BCUT2D eigenvalue weighted by molar-refractivity contribution is 5.89. The number of aliphatic hydroxyl groups is 2. The lowest BCUT2D eigenvalue weighted by Crippen LogP contribution is -2.25. The van der Waals surface area contributed by atoms with Crippen molar-refractivity contribution in [2.24, 2.45) is 5.73 Å². The van der Waals surface area contributed by atoms with Crippen molar-refractivity contribution in [1.82, 2.24) is 15.3 Å². The topological polar surface area (TPSA) is 157 Å². The lowest BCUT2D eigenvalue weighted by molar-refractivity contribution is -0.116. The normalized spacial score (nSPS) is 14.3. The van der Waals surface area contributed by atoms with Crippen LogP contribution in [0.2, 0.25) is 0 Å². The average Bonchev–Trinajstić information content (AvgIpc) is 2.81. The number of nitrogens with two attached hydrogens (primary N) is 1. The second kappa shape index (κ2) is 11.6. The Morgan fingerprint density at radius 2 is 1.97 bits per heavy atom. The quantitative estimate of drug-likeness (QED) is 0.263. The first-order chi connectivity index (χ1) is 16.0. The van der Waals surface area contributed by atoms with Gasteiger partial charge in [-0.25, -0.2) is 9.37 Å². The van der Waals surface area contributed by atoms with Gasteiger partial charge in [0, 0.05) is 30.5 Å². The first-order valence-corrected chi connectivity index (χ1v) is 10.3. The summed E-state index contributed by atoms with van der Waals surface area (Å²) in [5.74, 6) is -0.930. The summed E-state index contributed by atoms with van der Waals surface area (Å²) in [7, 11) is 0. The van der Waals surface area contributed by atoms with Crippen LogP contribution in [0.1, 0.15) is 6.42 Å². The number of nitrogens with one attached hydrogen (secondary N) is 4. The minimum atomic E-state index is -0.642. The third kappa shape index (κ3) is 6.76. The van der Waals surface area contributed by atoms with Gasteiger partial charge in [-0.3, -0.25) is 4.79 Å². The molecule has 10 nitrogen and oxygen atoms in total. The van der Waals surface area contributed by atoms with Gasteiger partial charge in [0.1, 0.15) is 0 Å². The monoisotopic (exact) mass is 455 g/mol. The number of aliphatic hydroxyl groups excluding tert-OH is 2. The maximum absolute atomic E-state index is 14.3. The van der Waals surface area contributed by atoms with Gasteiger partial charge in [-0.15, -0.1) is 0 Å². The zero-order valence-corrected chi connectivity index (χ0v) is 17.8. The van der Waals surface area contributed by atoms with E-state index in [9.17, 15) is 9.18 Å². The van der Waals surface area contributed by atoms with Crippen molar-refractivity contribution in [2.45, 2.75) is 6.42 Å².